The van der Waals surface area contributed by atoms with Gasteiger partial charge < -0.3 is 24.8 Å². The van der Waals surface area contributed by atoms with Crippen LogP contribution in [0.25, 0.3) is 0 Å². The van der Waals surface area contributed by atoms with Gasteiger partial charge in [-0.1, -0.05) is 35.9 Å². The first-order valence-electron chi connectivity index (χ1n) is 10.6. The summed E-state index contributed by atoms with van der Waals surface area (Å²) in [5.74, 6) is 0.835. The van der Waals surface area contributed by atoms with Crippen molar-refractivity contribution >= 4 is 11.6 Å². The van der Waals surface area contributed by atoms with E-state index in [-0.39, 0.29) is 0 Å². The molecule has 5 nitrogen and oxygen atoms in total. The fourth-order valence-electron chi connectivity index (χ4n) is 4.94. The van der Waals surface area contributed by atoms with Gasteiger partial charge in [0.2, 0.25) is 0 Å². The minimum absolute atomic E-state index is 0.408. The molecule has 2 aliphatic carbocycles. The van der Waals surface area contributed by atoms with Crippen molar-refractivity contribution in [2.75, 3.05) is 6.61 Å². The van der Waals surface area contributed by atoms with E-state index < -0.39 is 35.4 Å². The largest absolute Gasteiger partial charge is 0.494 e. The van der Waals surface area contributed by atoms with Gasteiger partial charge in [-0.2, -0.15) is 0 Å². The van der Waals surface area contributed by atoms with E-state index in [1.54, 1.807) is 0 Å². The predicted molar refractivity (Wildman–Crippen MR) is 113 cm³/mol. The van der Waals surface area contributed by atoms with Gasteiger partial charge in [-0.25, -0.2) is 0 Å². The monoisotopic (exact) mass is 430 g/mol. The van der Waals surface area contributed by atoms with Crippen LogP contribution in [0.5, 0.6) is 5.75 Å². The summed E-state index contributed by atoms with van der Waals surface area (Å²) in [6.07, 6.45) is -0.380. The van der Waals surface area contributed by atoms with Crippen molar-refractivity contribution in [2.24, 2.45) is 5.41 Å². The molecule has 3 N–H and O–H groups in total. The number of halogens is 1. The summed E-state index contributed by atoms with van der Waals surface area (Å²) in [5.41, 5.74) is 1.34. The Bertz CT molecular complexity index is 939. The van der Waals surface area contributed by atoms with E-state index in [0.717, 1.165) is 35.3 Å². The molecule has 0 amide bonds. The minimum Gasteiger partial charge on any atom is -0.494 e. The van der Waals surface area contributed by atoms with Crippen LogP contribution < -0.4 is 4.74 Å². The molecule has 30 heavy (non-hydrogen) atoms. The molecule has 3 aliphatic rings. The van der Waals surface area contributed by atoms with Crippen LogP contribution in [0.3, 0.4) is 0 Å². The molecule has 0 aromatic heterocycles. The van der Waals surface area contributed by atoms with Gasteiger partial charge in [-0.15, -0.1) is 0 Å². The van der Waals surface area contributed by atoms with Crippen LogP contribution in [0.4, 0.5) is 0 Å². The van der Waals surface area contributed by atoms with E-state index in [2.05, 4.69) is 0 Å². The lowest BCUT2D eigenvalue weighted by atomic mass is 9.79. The first-order valence-corrected chi connectivity index (χ1v) is 11.0. The lowest BCUT2D eigenvalue weighted by molar-refractivity contribution is -0.235. The second kappa shape index (κ2) is 7.21. The van der Waals surface area contributed by atoms with E-state index in [4.69, 9.17) is 21.1 Å². The topological polar surface area (TPSA) is 79.2 Å². The van der Waals surface area contributed by atoms with Gasteiger partial charge in [0.05, 0.1) is 24.9 Å². The minimum atomic E-state index is -0.949. The highest BCUT2D eigenvalue weighted by Gasteiger charge is 2.75. The molecular weight excluding hydrogens is 404 g/mol. The van der Waals surface area contributed by atoms with Gasteiger partial charge in [0.1, 0.15) is 17.5 Å². The molecule has 1 aliphatic heterocycles. The van der Waals surface area contributed by atoms with Crippen LogP contribution in [-0.2, 0) is 11.2 Å². The van der Waals surface area contributed by atoms with Gasteiger partial charge in [-0.05, 0) is 61.1 Å². The van der Waals surface area contributed by atoms with Crippen molar-refractivity contribution in [2.45, 2.75) is 62.6 Å². The van der Waals surface area contributed by atoms with Gasteiger partial charge in [0.25, 0.3) is 0 Å². The molecule has 2 aromatic carbocycles. The third kappa shape index (κ3) is 3.15. The second-order valence-electron chi connectivity index (χ2n) is 8.90. The molecule has 3 fully saturated rings. The first kappa shape index (κ1) is 20.3. The highest BCUT2D eigenvalue weighted by molar-refractivity contribution is 6.31. The Balaban J connectivity index is 1.42. The van der Waals surface area contributed by atoms with Crippen LogP contribution in [0.2, 0.25) is 5.02 Å². The Morgan fingerprint density at radius 2 is 1.80 bits per heavy atom. The van der Waals surface area contributed by atoms with E-state index in [9.17, 15) is 15.3 Å². The molecule has 2 spiro atoms. The van der Waals surface area contributed by atoms with Crippen molar-refractivity contribution < 1.29 is 24.8 Å². The summed E-state index contributed by atoms with van der Waals surface area (Å²) in [6, 6.07) is 13.6. The average Bonchev–Trinajstić information content (AvgIpc) is 3.65. The van der Waals surface area contributed by atoms with E-state index in [0.29, 0.717) is 24.5 Å². The molecule has 6 heteroatoms. The maximum Gasteiger partial charge on any atom is 0.124 e. The van der Waals surface area contributed by atoms with E-state index in [1.165, 1.54) is 0 Å². The predicted octanol–water partition coefficient (Wildman–Crippen LogP) is 3.41. The maximum absolute atomic E-state index is 11.0. The number of hydrogen-bond acceptors (Lipinski definition) is 5. The summed E-state index contributed by atoms with van der Waals surface area (Å²) < 4.78 is 11.7. The van der Waals surface area contributed by atoms with E-state index >= 15 is 0 Å². The van der Waals surface area contributed by atoms with Crippen LogP contribution >= 0.6 is 11.6 Å². The molecule has 1 heterocycles. The summed E-state index contributed by atoms with van der Waals surface area (Å²) in [5, 5.41) is 32.7. The number of aliphatic hydroxyl groups excluding tert-OH is 3. The van der Waals surface area contributed by atoms with E-state index in [1.807, 2.05) is 49.4 Å². The fraction of sp³-hybridized carbons (Fsp3) is 0.500. The Labute approximate surface area is 181 Å². The summed E-state index contributed by atoms with van der Waals surface area (Å²) in [4.78, 5) is 0. The molecule has 5 rings (SSSR count). The molecule has 1 saturated heterocycles. The van der Waals surface area contributed by atoms with Crippen LogP contribution in [0, 0.1) is 5.41 Å². The van der Waals surface area contributed by atoms with Crippen LogP contribution in [0.15, 0.2) is 42.5 Å². The number of rotatable bonds is 5. The third-order valence-corrected chi connectivity index (χ3v) is 7.37. The van der Waals surface area contributed by atoms with Crippen molar-refractivity contribution in [3.8, 4) is 5.75 Å². The lowest BCUT2D eigenvalue weighted by Gasteiger charge is -2.44. The van der Waals surface area contributed by atoms with Crippen LogP contribution in [-0.4, -0.2) is 45.8 Å². The highest BCUT2D eigenvalue weighted by Crippen LogP contribution is 2.66. The highest BCUT2D eigenvalue weighted by atomic mass is 35.5. The first-order chi connectivity index (χ1) is 14.4. The molecule has 2 saturated carbocycles. The average molecular weight is 431 g/mol. The summed E-state index contributed by atoms with van der Waals surface area (Å²) in [6.45, 7) is 2.58. The molecule has 160 valence electrons. The smallest absolute Gasteiger partial charge is 0.124 e. The van der Waals surface area contributed by atoms with Crippen molar-refractivity contribution in [1.82, 2.24) is 0 Å². The number of benzene rings is 2. The molecule has 2 aromatic rings. The van der Waals surface area contributed by atoms with Gasteiger partial charge in [-0.3, -0.25) is 0 Å². The standard InChI is InChI=1S/C24H27ClO5/c1-2-29-17-6-3-14(4-7-17)11-16-12-15(5-8-18(16)25)20-21(27)23(9-10-23)22(28)24(30-20)13-19(24)26/h3-8,12,19-22,26-28H,2,9-11,13H2,1H3/t19-,20+,21+,22+,24-/m1/s1. The van der Waals surface area contributed by atoms with Crippen molar-refractivity contribution in [3.63, 3.8) is 0 Å². The molecule has 0 radical (unpaired) electrons. The lowest BCUT2D eigenvalue weighted by Crippen LogP contribution is -2.55. The second-order valence-corrected chi connectivity index (χ2v) is 9.31. The zero-order valence-corrected chi connectivity index (χ0v) is 17.7. The number of ether oxygens (including phenoxy) is 2. The molecule has 0 bridgehead atoms. The van der Waals surface area contributed by atoms with Crippen molar-refractivity contribution in [1.29, 1.82) is 0 Å². The molecular formula is C24H27ClO5. The molecule has 0 unspecified atom stereocenters. The Hall–Kier alpha value is -1.63. The zero-order valence-electron chi connectivity index (χ0n) is 16.9. The van der Waals surface area contributed by atoms with Gasteiger partial charge >= 0.3 is 0 Å². The summed E-state index contributed by atoms with van der Waals surface area (Å²) in [7, 11) is 0. The maximum atomic E-state index is 11.0. The summed E-state index contributed by atoms with van der Waals surface area (Å²) >= 11 is 6.48. The zero-order chi connectivity index (χ0) is 21.1. The number of hydrogen-bond donors (Lipinski definition) is 3. The Morgan fingerprint density at radius 1 is 1.10 bits per heavy atom. The van der Waals surface area contributed by atoms with Crippen LogP contribution in [0.1, 0.15) is 49.0 Å². The molecule has 5 atom stereocenters. The van der Waals surface area contributed by atoms with Gasteiger partial charge in [0.15, 0.2) is 0 Å². The third-order valence-electron chi connectivity index (χ3n) is 7.00. The van der Waals surface area contributed by atoms with Gasteiger partial charge in [0, 0.05) is 16.9 Å². The van der Waals surface area contributed by atoms with Crippen molar-refractivity contribution in [3.05, 3.63) is 64.2 Å². The normalized spacial score (nSPS) is 33.6. The Kier molecular flexibility index (Phi) is 4.88. The quantitative estimate of drug-likeness (QED) is 0.677. The number of aliphatic hydroxyl groups is 3. The fourth-order valence-corrected chi connectivity index (χ4v) is 5.12. The SMILES string of the molecule is CCOc1ccc(Cc2cc([C@@H]3O[C@@]4(C[C@H]4O)[C@@H](O)C4(CC4)[C@H]3O)ccc2Cl)cc1. The Morgan fingerprint density at radius 3 is 2.40 bits per heavy atom.